The van der Waals surface area contributed by atoms with Crippen molar-refractivity contribution in [3.05, 3.63) is 29.8 Å². The highest BCUT2D eigenvalue weighted by atomic mass is 35.5. The fourth-order valence-electron chi connectivity index (χ4n) is 2.23. The van der Waals surface area contributed by atoms with Gasteiger partial charge in [-0.05, 0) is 43.7 Å². The van der Waals surface area contributed by atoms with Gasteiger partial charge in [0.05, 0.1) is 10.6 Å². The average molecular weight is 333 g/mol. The molecule has 1 aromatic carbocycles. The zero-order valence-electron chi connectivity index (χ0n) is 12.0. The summed E-state index contributed by atoms with van der Waals surface area (Å²) in [6, 6.07) is 6.43. The van der Waals surface area contributed by atoms with Crippen LogP contribution in [-0.4, -0.2) is 39.2 Å². The minimum atomic E-state index is -3.21. The summed E-state index contributed by atoms with van der Waals surface area (Å²) in [7, 11) is -3.21. The molecule has 0 saturated carbocycles. The lowest BCUT2D eigenvalue weighted by Gasteiger charge is -2.11. The zero-order chi connectivity index (χ0) is 14.6. The highest BCUT2D eigenvalue weighted by Crippen LogP contribution is 2.12. The molecule has 1 atom stereocenters. The summed E-state index contributed by atoms with van der Waals surface area (Å²) in [5.41, 5.74) is 0.484. The van der Waals surface area contributed by atoms with Crippen LogP contribution in [0.1, 0.15) is 30.1 Å². The maximum atomic E-state index is 11.9. The van der Waals surface area contributed by atoms with Crippen LogP contribution >= 0.6 is 12.4 Å². The minimum absolute atomic E-state index is 0. The zero-order valence-corrected chi connectivity index (χ0v) is 13.6. The van der Waals surface area contributed by atoms with Crippen LogP contribution in [0.5, 0.6) is 0 Å². The normalized spacial score (nSPS) is 18.0. The van der Waals surface area contributed by atoms with E-state index in [2.05, 4.69) is 10.6 Å². The standard InChI is InChI=1S/C14H20N2O3S.ClH/c1-2-20(18,19)13-7-5-11(6-8-13)14(17)16-10-12-4-3-9-15-12;/h5-8,12,15H,2-4,9-10H2,1H3,(H,16,17);1H. The fourth-order valence-corrected chi connectivity index (χ4v) is 3.11. The molecule has 118 valence electrons. The first kappa shape index (κ1) is 17.9. The van der Waals surface area contributed by atoms with Crippen LogP contribution in [0, 0.1) is 0 Å². The van der Waals surface area contributed by atoms with Gasteiger partial charge in [-0.3, -0.25) is 4.79 Å². The molecule has 2 rings (SSSR count). The van der Waals surface area contributed by atoms with Crippen molar-refractivity contribution in [3.8, 4) is 0 Å². The van der Waals surface area contributed by atoms with Gasteiger partial charge in [0.1, 0.15) is 0 Å². The maximum Gasteiger partial charge on any atom is 0.251 e. The summed E-state index contributed by atoms with van der Waals surface area (Å²) in [5.74, 6) is -0.106. The van der Waals surface area contributed by atoms with Crippen molar-refractivity contribution in [1.82, 2.24) is 10.6 Å². The van der Waals surface area contributed by atoms with E-state index < -0.39 is 9.84 Å². The first-order valence-corrected chi connectivity index (χ1v) is 8.52. The van der Waals surface area contributed by atoms with Crippen LogP contribution in [0.2, 0.25) is 0 Å². The molecular weight excluding hydrogens is 312 g/mol. The third-order valence-electron chi connectivity index (χ3n) is 3.53. The molecule has 1 aliphatic rings. The predicted molar refractivity (Wildman–Crippen MR) is 84.8 cm³/mol. The quantitative estimate of drug-likeness (QED) is 0.854. The van der Waals surface area contributed by atoms with Gasteiger partial charge in [-0.25, -0.2) is 8.42 Å². The van der Waals surface area contributed by atoms with Gasteiger partial charge >= 0.3 is 0 Å². The Morgan fingerprint density at radius 2 is 2.00 bits per heavy atom. The van der Waals surface area contributed by atoms with E-state index in [4.69, 9.17) is 0 Å². The molecule has 0 spiro atoms. The molecule has 7 heteroatoms. The van der Waals surface area contributed by atoms with E-state index >= 15 is 0 Å². The molecule has 21 heavy (non-hydrogen) atoms. The van der Waals surface area contributed by atoms with Gasteiger partial charge in [-0.2, -0.15) is 0 Å². The lowest BCUT2D eigenvalue weighted by molar-refractivity contribution is 0.0950. The molecule has 1 aromatic rings. The average Bonchev–Trinajstić information content (AvgIpc) is 2.98. The van der Waals surface area contributed by atoms with Crippen LogP contribution in [0.3, 0.4) is 0 Å². The Bertz CT molecular complexity index is 566. The van der Waals surface area contributed by atoms with E-state index in [9.17, 15) is 13.2 Å². The second-order valence-corrected chi connectivity index (χ2v) is 7.21. The number of hydrogen-bond donors (Lipinski definition) is 2. The van der Waals surface area contributed by atoms with Crippen molar-refractivity contribution < 1.29 is 13.2 Å². The van der Waals surface area contributed by atoms with Crippen LogP contribution in [0.25, 0.3) is 0 Å². The third-order valence-corrected chi connectivity index (χ3v) is 5.28. The predicted octanol–water partition coefficient (Wildman–Crippen LogP) is 1.38. The Labute approximate surface area is 131 Å². The maximum absolute atomic E-state index is 11.9. The molecular formula is C14H21ClN2O3S. The number of carbonyl (C=O) groups is 1. The van der Waals surface area contributed by atoms with Gasteiger partial charge in [0.25, 0.3) is 5.91 Å². The Hall–Kier alpha value is -1.11. The monoisotopic (exact) mass is 332 g/mol. The highest BCUT2D eigenvalue weighted by molar-refractivity contribution is 7.91. The lowest BCUT2D eigenvalue weighted by Crippen LogP contribution is -2.37. The van der Waals surface area contributed by atoms with Gasteiger partial charge in [-0.15, -0.1) is 12.4 Å². The van der Waals surface area contributed by atoms with E-state index in [1.807, 2.05) is 0 Å². The van der Waals surface area contributed by atoms with Crippen molar-refractivity contribution >= 4 is 28.2 Å². The van der Waals surface area contributed by atoms with Gasteiger partial charge in [0.15, 0.2) is 9.84 Å². The summed E-state index contributed by atoms with van der Waals surface area (Å²) >= 11 is 0. The number of nitrogens with one attached hydrogen (secondary N) is 2. The van der Waals surface area contributed by atoms with Gasteiger partial charge in [0.2, 0.25) is 0 Å². The summed E-state index contributed by atoms with van der Waals surface area (Å²) in [6.45, 7) is 3.21. The molecule has 1 amide bonds. The second-order valence-electron chi connectivity index (χ2n) is 4.93. The molecule has 0 bridgehead atoms. The number of sulfone groups is 1. The number of hydrogen-bond acceptors (Lipinski definition) is 4. The smallest absolute Gasteiger partial charge is 0.251 e. The Balaban J connectivity index is 0.00000220. The Morgan fingerprint density at radius 3 is 2.52 bits per heavy atom. The molecule has 0 aromatic heterocycles. The van der Waals surface area contributed by atoms with Crippen LogP contribution in [-0.2, 0) is 9.84 Å². The number of benzene rings is 1. The largest absolute Gasteiger partial charge is 0.350 e. The molecule has 5 nitrogen and oxygen atoms in total. The summed E-state index contributed by atoms with van der Waals surface area (Å²) in [6.07, 6.45) is 2.22. The van der Waals surface area contributed by atoms with E-state index in [-0.39, 0.29) is 29.0 Å². The van der Waals surface area contributed by atoms with Gasteiger partial charge in [0, 0.05) is 18.2 Å². The van der Waals surface area contributed by atoms with Crippen molar-refractivity contribution in [3.63, 3.8) is 0 Å². The highest BCUT2D eigenvalue weighted by Gasteiger charge is 2.16. The second kappa shape index (κ2) is 7.77. The fraction of sp³-hybridized carbons (Fsp3) is 0.500. The van der Waals surface area contributed by atoms with E-state index in [1.165, 1.54) is 12.1 Å². The van der Waals surface area contributed by atoms with Crippen molar-refractivity contribution in [2.45, 2.75) is 30.7 Å². The molecule has 1 heterocycles. The van der Waals surface area contributed by atoms with E-state index in [1.54, 1.807) is 19.1 Å². The Morgan fingerprint density at radius 1 is 1.33 bits per heavy atom. The number of carbonyl (C=O) groups excluding carboxylic acids is 1. The molecule has 1 saturated heterocycles. The van der Waals surface area contributed by atoms with Crippen LogP contribution in [0.15, 0.2) is 29.2 Å². The topological polar surface area (TPSA) is 75.3 Å². The van der Waals surface area contributed by atoms with E-state index in [0.717, 1.165) is 19.4 Å². The molecule has 1 unspecified atom stereocenters. The number of halogens is 1. The Kier molecular flexibility index (Phi) is 6.64. The van der Waals surface area contributed by atoms with Crippen LogP contribution < -0.4 is 10.6 Å². The van der Waals surface area contributed by atoms with Gasteiger partial charge in [-0.1, -0.05) is 6.92 Å². The first-order valence-electron chi connectivity index (χ1n) is 6.87. The number of rotatable bonds is 5. The molecule has 0 aliphatic carbocycles. The summed E-state index contributed by atoms with van der Waals surface area (Å²) in [5, 5.41) is 6.17. The number of amides is 1. The molecule has 1 fully saturated rings. The molecule has 0 radical (unpaired) electrons. The third kappa shape index (κ3) is 4.69. The van der Waals surface area contributed by atoms with Crippen molar-refractivity contribution in [1.29, 1.82) is 0 Å². The minimum Gasteiger partial charge on any atom is -0.350 e. The van der Waals surface area contributed by atoms with Crippen LogP contribution in [0.4, 0.5) is 0 Å². The molecule has 1 aliphatic heterocycles. The van der Waals surface area contributed by atoms with Gasteiger partial charge < -0.3 is 10.6 Å². The molecule has 2 N–H and O–H groups in total. The van der Waals surface area contributed by atoms with Crippen molar-refractivity contribution in [2.24, 2.45) is 0 Å². The van der Waals surface area contributed by atoms with E-state index in [0.29, 0.717) is 18.2 Å². The summed E-state index contributed by atoms with van der Waals surface area (Å²) < 4.78 is 23.3. The lowest BCUT2D eigenvalue weighted by atomic mass is 10.2. The van der Waals surface area contributed by atoms with Crippen molar-refractivity contribution in [2.75, 3.05) is 18.8 Å². The summed E-state index contributed by atoms with van der Waals surface area (Å²) in [4.78, 5) is 12.2. The SMILES string of the molecule is CCS(=O)(=O)c1ccc(C(=O)NCC2CCCN2)cc1.Cl. The first-order chi connectivity index (χ1) is 9.53.